The zero-order valence-corrected chi connectivity index (χ0v) is 10.3. The quantitative estimate of drug-likeness (QED) is 0.851. The van der Waals surface area contributed by atoms with Crippen LogP contribution in [0.2, 0.25) is 0 Å². The van der Waals surface area contributed by atoms with Crippen LogP contribution in [0.4, 0.5) is 5.69 Å². The molecule has 6 heteroatoms. The van der Waals surface area contributed by atoms with Crippen molar-refractivity contribution in [3.63, 3.8) is 0 Å². The molecule has 17 heavy (non-hydrogen) atoms. The molecule has 90 valence electrons. The highest BCUT2D eigenvalue weighted by Crippen LogP contribution is 2.18. The van der Waals surface area contributed by atoms with E-state index in [2.05, 4.69) is 10.3 Å². The molecule has 1 amide bonds. The van der Waals surface area contributed by atoms with Gasteiger partial charge in [-0.3, -0.25) is 4.79 Å². The van der Waals surface area contributed by atoms with Gasteiger partial charge in [-0.2, -0.15) is 0 Å². The second kappa shape index (κ2) is 5.01. The van der Waals surface area contributed by atoms with Crippen LogP contribution in [0.3, 0.4) is 0 Å². The van der Waals surface area contributed by atoms with Crippen molar-refractivity contribution in [3.05, 3.63) is 34.5 Å². The van der Waals surface area contributed by atoms with Crippen molar-refractivity contribution in [2.45, 2.75) is 6.42 Å². The Labute approximate surface area is 103 Å². The van der Waals surface area contributed by atoms with E-state index in [1.165, 1.54) is 11.3 Å². The number of hydrogen-bond donors (Lipinski definition) is 2. The minimum absolute atomic E-state index is 0.119. The molecule has 0 saturated carbocycles. The lowest BCUT2D eigenvalue weighted by Crippen LogP contribution is -2.26. The lowest BCUT2D eigenvalue weighted by molar-refractivity contribution is 0.0959. The van der Waals surface area contributed by atoms with Crippen LogP contribution in [0.1, 0.15) is 15.5 Å². The number of nitrogens with zero attached hydrogens (tertiary/aromatic N) is 2. The molecule has 0 bridgehead atoms. The van der Waals surface area contributed by atoms with Crippen LogP contribution < -0.4 is 11.1 Å². The number of hydrogen-bond acceptors (Lipinski definition) is 4. The Hall–Kier alpha value is -1.82. The molecule has 0 atom stereocenters. The molecule has 5 nitrogen and oxygen atoms in total. The standard InChI is InChI=1S/C11H14N4OS/c1-15-6-5-13-9(15)2-4-14-11(16)10-8(12)3-7-17-10/h3,5-7H,2,4,12H2,1H3,(H,14,16). The van der Waals surface area contributed by atoms with E-state index in [1.807, 2.05) is 23.2 Å². The van der Waals surface area contributed by atoms with E-state index in [1.54, 1.807) is 12.3 Å². The summed E-state index contributed by atoms with van der Waals surface area (Å²) in [5.41, 5.74) is 6.20. The number of aromatic nitrogens is 2. The maximum Gasteiger partial charge on any atom is 0.263 e. The van der Waals surface area contributed by atoms with Gasteiger partial charge in [-0.15, -0.1) is 11.3 Å². The Kier molecular flexibility index (Phi) is 3.43. The molecule has 0 saturated heterocycles. The van der Waals surface area contributed by atoms with Crippen molar-refractivity contribution < 1.29 is 4.79 Å². The summed E-state index contributed by atoms with van der Waals surface area (Å²) in [5, 5.41) is 4.64. The van der Waals surface area contributed by atoms with E-state index in [-0.39, 0.29) is 5.91 Å². The second-order valence-electron chi connectivity index (χ2n) is 3.67. The molecular formula is C11H14N4OS. The number of rotatable bonds is 4. The van der Waals surface area contributed by atoms with Crippen LogP contribution in [0, 0.1) is 0 Å². The van der Waals surface area contributed by atoms with Gasteiger partial charge in [-0.05, 0) is 11.4 Å². The number of carbonyl (C=O) groups excluding carboxylic acids is 1. The number of anilines is 1. The first-order chi connectivity index (χ1) is 8.18. The van der Waals surface area contributed by atoms with Gasteiger partial charge in [0.05, 0.1) is 5.69 Å². The number of amides is 1. The van der Waals surface area contributed by atoms with Gasteiger partial charge >= 0.3 is 0 Å². The number of carbonyl (C=O) groups is 1. The van der Waals surface area contributed by atoms with Crippen LogP contribution >= 0.6 is 11.3 Å². The van der Waals surface area contributed by atoms with E-state index in [0.717, 1.165) is 5.82 Å². The molecular weight excluding hydrogens is 236 g/mol. The van der Waals surface area contributed by atoms with Gasteiger partial charge in [0.25, 0.3) is 5.91 Å². The molecule has 0 unspecified atom stereocenters. The molecule has 0 fully saturated rings. The molecule has 2 aromatic heterocycles. The van der Waals surface area contributed by atoms with Gasteiger partial charge in [0.15, 0.2) is 0 Å². The average Bonchev–Trinajstić information content (AvgIpc) is 2.88. The van der Waals surface area contributed by atoms with Crippen molar-refractivity contribution in [1.82, 2.24) is 14.9 Å². The summed E-state index contributed by atoms with van der Waals surface area (Å²) in [7, 11) is 1.93. The third-order valence-corrected chi connectivity index (χ3v) is 3.39. The van der Waals surface area contributed by atoms with Gasteiger partial charge in [0.2, 0.25) is 0 Å². The Balaban J connectivity index is 1.86. The summed E-state index contributed by atoms with van der Waals surface area (Å²) in [6, 6.07) is 1.73. The van der Waals surface area contributed by atoms with Gasteiger partial charge in [-0.25, -0.2) is 4.98 Å². The molecule has 0 spiro atoms. The van der Waals surface area contributed by atoms with E-state index in [9.17, 15) is 4.79 Å². The van der Waals surface area contributed by atoms with Crippen LogP contribution in [-0.4, -0.2) is 22.0 Å². The first-order valence-corrected chi connectivity index (χ1v) is 6.14. The highest BCUT2D eigenvalue weighted by molar-refractivity contribution is 7.12. The van der Waals surface area contributed by atoms with E-state index >= 15 is 0 Å². The Morgan fingerprint density at radius 1 is 1.65 bits per heavy atom. The zero-order valence-electron chi connectivity index (χ0n) is 9.51. The number of nitrogens with two attached hydrogens (primary N) is 1. The topological polar surface area (TPSA) is 72.9 Å². The summed E-state index contributed by atoms with van der Waals surface area (Å²) >= 11 is 1.35. The average molecular weight is 250 g/mol. The summed E-state index contributed by atoms with van der Waals surface area (Å²) in [5.74, 6) is 0.830. The van der Waals surface area contributed by atoms with Crippen LogP contribution in [0.25, 0.3) is 0 Å². The van der Waals surface area contributed by atoms with Crippen LogP contribution in [0.15, 0.2) is 23.8 Å². The number of thiophene rings is 1. The van der Waals surface area contributed by atoms with Gasteiger partial charge < -0.3 is 15.6 Å². The van der Waals surface area contributed by atoms with E-state index in [0.29, 0.717) is 23.5 Å². The lowest BCUT2D eigenvalue weighted by atomic mass is 10.3. The van der Waals surface area contributed by atoms with Gasteiger partial charge in [-0.1, -0.05) is 0 Å². The highest BCUT2D eigenvalue weighted by Gasteiger charge is 2.10. The van der Waals surface area contributed by atoms with Gasteiger partial charge in [0.1, 0.15) is 10.7 Å². The first kappa shape index (κ1) is 11.7. The minimum Gasteiger partial charge on any atom is -0.397 e. The molecule has 0 aliphatic rings. The van der Waals surface area contributed by atoms with Crippen LogP contribution in [-0.2, 0) is 13.5 Å². The Bertz CT molecular complexity index is 517. The Morgan fingerprint density at radius 2 is 2.47 bits per heavy atom. The highest BCUT2D eigenvalue weighted by atomic mass is 32.1. The first-order valence-electron chi connectivity index (χ1n) is 5.26. The largest absolute Gasteiger partial charge is 0.397 e. The van der Waals surface area contributed by atoms with Gasteiger partial charge in [0, 0.05) is 32.4 Å². The summed E-state index contributed by atoms with van der Waals surface area (Å²) in [6.45, 7) is 0.557. The third kappa shape index (κ3) is 2.65. The second-order valence-corrected chi connectivity index (χ2v) is 4.58. The van der Waals surface area contributed by atoms with Crippen molar-refractivity contribution in [2.24, 2.45) is 7.05 Å². The smallest absolute Gasteiger partial charge is 0.263 e. The van der Waals surface area contributed by atoms with E-state index in [4.69, 9.17) is 5.73 Å². The summed E-state index contributed by atoms with van der Waals surface area (Å²) in [6.07, 6.45) is 4.34. The fraction of sp³-hybridized carbons (Fsp3) is 0.273. The predicted molar refractivity (Wildman–Crippen MR) is 68.0 cm³/mol. The molecule has 0 radical (unpaired) electrons. The third-order valence-electron chi connectivity index (χ3n) is 2.46. The number of imidazole rings is 1. The fourth-order valence-electron chi connectivity index (χ4n) is 1.51. The summed E-state index contributed by atoms with van der Waals surface area (Å²) < 4.78 is 1.94. The zero-order chi connectivity index (χ0) is 12.3. The van der Waals surface area contributed by atoms with Crippen molar-refractivity contribution >= 4 is 22.9 Å². The molecule has 0 aliphatic heterocycles. The number of nitrogens with one attached hydrogen (secondary N) is 1. The SMILES string of the molecule is Cn1ccnc1CCNC(=O)c1sccc1N. The fourth-order valence-corrected chi connectivity index (χ4v) is 2.24. The molecule has 2 heterocycles. The summed E-state index contributed by atoms with van der Waals surface area (Å²) in [4.78, 5) is 16.5. The van der Waals surface area contributed by atoms with Crippen LogP contribution in [0.5, 0.6) is 0 Å². The Morgan fingerprint density at radius 3 is 3.06 bits per heavy atom. The molecule has 2 rings (SSSR count). The minimum atomic E-state index is -0.119. The molecule has 0 aliphatic carbocycles. The number of nitrogen functional groups attached to an aromatic ring is 1. The molecule has 3 N–H and O–H groups in total. The van der Waals surface area contributed by atoms with Crippen molar-refractivity contribution in [3.8, 4) is 0 Å². The number of aryl methyl sites for hydroxylation is 1. The molecule has 2 aromatic rings. The monoisotopic (exact) mass is 250 g/mol. The lowest BCUT2D eigenvalue weighted by Gasteiger charge is -2.04. The maximum atomic E-state index is 11.7. The van der Waals surface area contributed by atoms with E-state index < -0.39 is 0 Å². The molecule has 0 aromatic carbocycles. The maximum absolute atomic E-state index is 11.7. The van der Waals surface area contributed by atoms with Crippen molar-refractivity contribution in [2.75, 3.05) is 12.3 Å². The predicted octanol–water partition coefficient (Wildman–Crippen LogP) is 1.04. The normalized spacial score (nSPS) is 10.4. The van der Waals surface area contributed by atoms with Crippen molar-refractivity contribution in [1.29, 1.82) is 0 Å².